The lowest BCUT2D eigenvalue weighted by Gasteiger charge is -2.36. The van der Waals surface area contributed by atoms with Crippen molar-refractivity contribution in [2.24, 2.45) is 10.8 Å². The molecule has 1 fully saturated rings. The van der Waals surface area contributed by atoms with Gasteiger partial charge in [0.05, 0.1) is 35.8 Å². The Balaban J connectivity index is 1.55. The van der Waals surface area contributed by atoms with Crippen molar-refractivity contribution in [3.8, 4) is 5.75 Å². The summed E-state index contributed by atoms with van der Waals surface area (Å²) in [7, 11) is 0. The molecule has 0 N–H and O–H groups in total. The van der Waals surface area contributed by atoms with Crippen LogP contribution in [0.1, 0.15) is 39.7 Å². The first-order valence-corrected chi connectivity index (χ1v) is 9.92. The standard InChI is InChI=1S/C22H30N2O3/c1-21(2)14-18-17-6-5-16(27-12-9-23-7-10-26-11-8-23)13-19(17)24(25)20(18)22(3,4)15-21/h5-6,13-14H,7-12,15H2,1-4H3. The monoisotopic (exact) mass is 370 g/mol. The summed E-state index contributed by atoms with van der Waals surface area (Å²) in [5.41, 5.74) is 3.67. The van der Waals surface area contributed by atoms with Crippen LogP contribution in [0.2, 0.25) is 0 Å². The SMILES string of the molecule is CC1(C)C=C2C(=[N+]([O-])c3cc(OCCN4CCOCC4)ccc32)C(C)(C)C1. The van der Waals surface area contributed by atoms with E-state index in [0.29, 0.717) is 12.3 Å². The van der Waals surface area contributed by atoms with Crippen molar-refractivity contribution in [3.05, 3.63) is 35.0 Å². The Morgan fingerprint density at radius 3 is 2.67 bits per heavy atom. The molecule has 2 aliphatic heterocycles. The molecule has 1 aromatic carbocycles. The highest BCUT2D eigenvalue weighted by atomic mass is 16.5. The molecule has 0 bridgehead atoms. The van der Waals surface area contributed by atoms with Crippen LogP contribution in [-0.2, 0) is 4.74 Å². The van der Waals surface area contributed by atoms with E-state index in [-0.39, 0.29) is 10.8 Å². The highest BCUT2D eigenvalue weighted by Crippen LogP contribution is 2.50. The van der Waals surface area contributed by atoms with E-state index in [1.807, 2.05) is 18.2 Å². The number of rotatable bonds is 4. The average Bonchev–Trinajstić information content (AvgIpc) is 2.87. The normalized spacial score (nSPS) is 23.6. The highest BCUT2D eigenvalue weighted by Gasteiger charge is 2.48. The molecule has 27 heavy (non-hydrogen) atoms. The van der Waals surface area contributed by atoms with Gasteiger partial charge in [0.15, 0.2) is 0 Å². The second-order valence-corrected chi connectivity index (χ2v) is 9.23. The molecule has 0 amide bonds. The first kappa shape index (κ1) is 18.5. The molecule has 1 aliphatic carbocycles. The lowest BCUT2D eigenvalue weighted by molar-refractivity contribution is -0.361. The minimum atomic E-state index is -0.147. The van der Waals surface area contributed by atoms with Crippen LogP contribution >= 0.6 is 0 Å². The number of hydrogen-bond acceptors (Lipinski definition) is 4. The van der Waals surface area contributed by atoms with Crippen LogP contribution < -0.4 is 4.74 Å². The van der Waals surface area contributed by atoms with E-state index in [2.05, 4.69) is 38.7 Å². The van der Waals surface area contributed by atoms with Crippen LogP contribution in [0.5, 0.6) is 5.75 Å². The summed E-state index contributed by atoms with van der Waals surface area (Å²) in [6.45, 7) is 13.8. The molecular weight excluding hydrogens is 340 g/mol. The number of nitrogens with zero attached hydrogens (tertiary/aromatic N) is 2. The zero-order valence-electron chi connectivity index (χ0n) is 16.9. The van der Waals surface area contributed by atoms with Crippen molar-refractivity contribution in [2.75, 3.05) is 39.5 Å². The Hall–Kier alpha value is -1.85. The molecule has 0 aromatic heterocycles. The van der Waals surface area contributed by atoms with E-state index in [1.165, 1.54) is 0 Å². The molecule has 0 unspecified atom stereocenters. The van der Waals surface area contributed by atoms with Crippen LogP contribution in [0.3, 0.4) is 0 Å². The zero-order valence-corrected chi connectivity index (χ0v) is 16.9. The Morgan fingerprint density at radius 2 is 1.93 bits per heavy atom. The van der Waals surface area contributed by atoms with Crippen molar-refractivity contribution < 1.29 is 14.2 Å². The largest absolute Gasteiger partial charge is 0.618 e. The van der Waals surface area contributed by atoms with Crippen LogP contribution in [0, 0.1) is 16.0 Å². The fraction of sp³-hybridized carbons (Fsp3) is 0.591. The summed E-state index contributed by atoms with van der Waals surface area (Å²) in [6, 6.07) is 5.93. The number of allylic oxidation sites excluding steroid dienone is 2. The third-order valence-electron chi connectivity index (χ3n) is 5.79. The van der Waals surface area contributed by atoms with Gasteiger partial charge in [-0.05, 0) is 37.8 Å². The maximum atomic E-state index is 13.1. The average molecular weight is 370 g/mol. The van der Waals surface area contributed by atoms with Crippen molar-refractivity contribution >= 4 is 17.0 Å². The van der Waals surface area contributed by atoms with Gasteiger partial charge in [-0.3, -0.25) is 4.90 Å². The number of hydrogen-bond donors (Lipinski definition) is 0. The number of benzene rings is 1. The molecule has 0 spiro atoms. The molecule has 1 aromatic rings. The van der Waals surface area contributed by atoms with Crippen LogP contribution in [0.25, 0.3) is 5.57 Å². The van der Waals surface area contributed by atoms with E-state index >= 15 is 0 Å². The molecule has 0 atom stereocenters. The third-order valence-corrected chi connectivity index (χ3v) is 5.79. The number of ether oxygens (including phenoxy) is 2. The Bertz CT molecular complexity index is 802. The Kier molecular flexibility index (Phi) is 4.55. The summed E-state index contributed by atoms with van der Waals surface area (Å²) >= 11 is 0. The maximum absolute atomic E-state index is 13.1. The van der Waals surface area contributed by atoms with Gasteiger partial charge >= 0.3 is 0 Å². The van der Waals surface area contributed by atoms with E-state index in [1.54, 1.807) is 0 Å². The van der Waals surface area contributed by atoms with Crippen molar-refractivity contribution in [2.45, 2.75) is 34.1 Å². The molecule has 1 saturated heterocycles. The van der Waals surface area contributed by atoms with Crippen molar-refractivity contribution in [1.29, 1.82) is 0 Å². The van der Waals surface area contributed by atoms with Crippen LogP contribution in [0.15, 0.2) is 24.3 Å². The minimum Gasteiger partial charge on any atom is -0.618 e. The zero-order chi connectivity index (χ0) is 19.2. The second-order valence-electron chi connectivity index (χ2n) is 9.23. The molecule has 5 heteroatoms. The van der Waals surface area contributed by atoms with E-state index in [0.717, 1.165) is 66.6 Å². The number of morpholine rings is 1. The maximum Gasteiger partial charge on any atom is 0.228 e. The first-order valence-electron chi connectivity index (χ1n) is 9.92. The summed E-state index contributed by atoms with van der Waals surface area (Å²) < 4.78 is 12.5. The van der Waals surface area contributed by atoms with Gasteiger partial charge in [0.1, 0.15) is 12.4 Å². The second kappa shape index (κ2) is 6.64. The first-order chi connectivity index (χ1) is 12.8. The van der Waals surface area contributed by atoms with Crippen molar-refractivity contribution in [1.82, 2.24) is 4.90 Å². The summed E-state index contributed by atoms with van der Waals surface area (Å²) in [6.07, 6.45) is 3.23. The van der Waals surface area contributed by atoms with Gasteiger partial charge in [-0.1, -0.05) is 19.9 Å². The predicted molar refractivity (Wildman–Crippen MR) is 108 cm³/mol. The molecule has 0 saturated carbocycles. The summed E-state index contributed by atoms with van der Waals surface area (Å²) in [4.78, 5) is 2.34. The summed E-state index contributed by atoms with van der Waals surface area (Å²) in [5.74, 6) is 0.764. The van der Waals surface area contributed by atoms with Gasteiger partial charge in [-0.15, -0.1) is 0 Å². The Labute approximate surface area is 161 Å². The van der Waals surface area contributed by atoms with Gasteiger partial charge in [0.25, 0.3) is 0 Å². The van der Waals surface area contributed by atoms with E-state index in [4.69, 9.17) is 9.47 Å². The predicted octanol–water partition coefficient (Wildman–Crippen LogP) is 3.83. The smallest absolute Gasteiger partial charge is 0.228 e. The number of fused-ring (bicyclic) bond motifs is 3. The van der Waals surface area contributed by atoms with Gasteiger partial charge in [-0.2, -0.15) is 4.74 Å². The van der Waals surface area contributed by atoms with Crippen molar-refractivity contribution in [3.63, 3.8) is 0 Å². The molecular formula is C22H30N2O3. The molecule has 146 valence electrons. The fourth-order valence-corrected chi connectivity index (χ4v) is 4.92. The quantitative estimate of drug-likeness (QED) is 0.597. The molecule has 4 rings (SSSR count). The van der Waals surface area contributed by atoms with Crippen LogP contribution in [-0.4, -0.2) is 54.8 Å². The lowest BCUT2D eigenvalue weighted by atomic mass is 9.65. The molecule has 3 aliphatic rings. The third kappa shape index (κ3) is 3.50. The molecule has 0 radical (unpaired) electrons. The molecule has 2 heterocycles. The van der Waals surface area contributed by atoms with Gasteiger partial charge in [0, 0.05) is 19.6 Å². The minimum absolute atomic E-state index is 0.0815. The van der Waals surface area contributed by atoms with Gasteiger partial charge in [0.2, 0.25) is 11.4 Å². The lowest BCUT2D eigenvalue weighted by Crippen LogP contribution is -2.38. The van der Waals surface area contributed by atoms with E-state index in [9.17, 15) is 5.21 Å². The summed E-state index contributed by atoms with van der Waals surface area (Å²) in [5, 5.41) is 13.1. The topological polar surface area (TPSA) is 47.8 Å². The highest BCUT2D eigenvalue weighted by molar-refractivity contribution is 6.27. The van der Waals surface area contributed by atoms with Crippen LogP contribution in [0.4, 0.5) is 5.69 Å². The van der Waals surface area contributed by atoms with Gasteiger partial charge in [-0.25, -0.2) is 0 Å². The molecule has 5 nitrogen and oxygen atoms in total. The fourth-order valence-electron chi connectivity index (χ4n) is 4.92. The van der Waals surface area contributed by atoms with Gasteiger partial charge < -0.3 is 14.7 Å². The van der Waals surface area contributed by atoms with E-state index < -0.39 is 0 Å². The Morgan fingerprint density at radius 1 is 1.19 bits per heavy atom.